The van der Waals surface area contributed by atoms with Gasteiger partial charge in [0.2, 0.25) is 0 Å². The highest BCUT2D eigenvalue weighted by molar-refractivity contribution is 6.14. The molecule has 13 aromatic rings. The molecule has 0 aliphatic rings. The Balaban J connectivity index is 0.966. The van der Waals surface area contributed by atoms with Crippen molar-refractivity contribution >= 4 is 65.5 Å². The van der Waals surface area contributed by atoms with Crippen molar-refractivity contribution in [2.24, 2.45) is 0 Å². The van der Waals surface area contributed by atoms with Gasteiger partial charge in [-0.1, -0.05) is 127 Å². The van der Waals surface area contributed by atoms with Crippen molar-refractivity contribution in [1.29, 1.82) is 0 Å². The predicted molar refractivity (Wildman–Crippen MR) is 261 cm³/mol. The molecule has 13 rings (SSSR count). The third-order valence-corrected chi connectivity index (χ3v) is 12.7. The third-order valence-electron chi connectivity index (χ3n) is 12.7. The van der Waals surface area contributed by atoms with E-state index in [1.54, 1.807) is 0 Å². The second-order valence-electron chi connectivity index (χ2n) is 16.2. The minimum atomic E-state index is 0.942. The van der Waals surface area contributed by atoms with E-state index in [1.165, 1.54) is 38.2 Å². The summed E-state index contributed by atoms with van der Waals surface area (Å²) in [6.07, 6.45) is 1.89. The zero-order valence-corrected chi connectivity index (χ0v) is 34.1. The van der Waals surface area contributed by atoms with Crippen LogP contribution in [0.3, 0.4) is 0 Å². The third kappa shape index (κ3) is 5.57. The van der Waals surface area contributed by atoms with Gasteiger partial charge in [0, 0.05) is 55.6 Å². The van der Waals surface area contributed by atoms with Crippen LogP contribution in [0.1, 0.15) is 0 Å². The van der Waals surface area contributed by atoms with Gasteiger partial charge in [0.05, 0.1) is 55.7 Å². The number of hydrogen-bond donors (Lipinski definition) is 0. The molecule has 0 radical (unpaired) electrons. The van der Waals surface area contributed by atoms with Gasteiger partial charge < -0.3 is 13.7 Å². The van der Waals surface area contributed by atoms with Gasteiger partial charge in [-0.15, -0.1) is 0 Å². The molecule has 0 atom stereocenters. The van der Waals surface area contributed by atoms with E-state index in [4.69, 9.17) is 9.97 Å². The van der Waals surface area contributed by atoms with Gasteiger partial charge in [-0.25, -0.2) is 4.98 Å². The van der Waals surface area contributed by atoms with E-state index in [0.717, 1.165) is 78.1 Å². The van der Waals surface area contributed by atoms with Gasteiger partial charge in [-0.3, -0.25) is 4.98 Å². The van der Waals surface area contributed by atoms with Gasteiger partial charge in [0.1, 0.15) is 0 Å². The Morgan fingerprint density at radius 2 is 0.730 bits per heavy atom. The predicted octanol–water partition coefficient (Wildman–Crippen LogP) is 14.8. The minimum Gasteiger partial charge on any atom is -0.309 e. The fraction of sp³-hybridized carbons (Fsp3) is 0. The fourth-order valence-corrected chi connectivity index (χ4v) is 9.84. The van der Waals surface area contributed by atoms with Gasteiger partial charge >= 0.3 is 0 Å². The molecule has 5 heteroatoms. The maximum absolute atomic E-state index is 5.18. The number of rotatable bonds is 6. The number of para-hydroxylation sites is 3. The number of pyridine rings is 2. The first-order valence-corrected chi connectivity index (χ1v) is 21.4. The molecule has 63 heavy (non-hydrogen) atoms. The highest BCUT2D eigenvalue weighted by atomic mass is 15.0. The standard InChI is InChI=1S/C58H37N5/c1-4-15-38(16-5-1)50-36-44(37-51(60-50)39-17-6-2-7-18-39)63-53-24-13-11-22-46(53)48-34-41(27-30-55(48)63)40-26-29-54-47(33-40)45-21-10-12-23-52(45)62(54)43-28-31-56-49(35-43)58-57(25-14-32-59-58)61(56)42-19-8-3-9-20-42/h1-37H. The first-order chi connectivity index (χ1) is 31.2. The number of aromatic nitrogens is 5. The molecule has 5 aromatic heterocycles. The summed E-state index contributed by atoms with van der Waals surface area (Å²) in [4.78, 5) is 10.1. The highest BCUT2D eigenvalue weighted by Gasteiger charge is 2.19. The monoisotopic (exact) mass is 803 g/mol. The van der Waals surface area contributed by atoms with Crippen LogP contribution in [0.15, 0.2) is 225 Å². The highest BCUT2D eigenvalue weighted by Crippen LogP contribution is 2.40. The maximum atomic E-state index is 5.18. The molecule has 0 fully saturated rings. The van der Waals surface area contributed by atoms with Crippen molar-refractivity contribution < 1.29 is 0 Å². The Labute approximate surface area is 363 Å². The first kappa shape index (κ1) is 35.2. The quantitative estimate of drug-likeness (QED) is 0.168. The van der Waals surface area contributed by atoms with Crippen LogP contribution >= 0.6 is 0 Å². The average Bonchev–Trinajstić information content (AvgIpc) is 3.99. The number of nitrogens with zero attached hydrogens (tertiary/aromatic N) is 5. The van der Waals surface area contributed by atoms with Crippen LogP contribution < -0.4 is 0 Å². The summed E-state index contributed by atoms with van der Waals surface area (Å²) in [5.74, 6) is 0. The molecule has 0 amide bonds. The van der Waals surface area contributed by atoms with Crippen molar-refractivity contribution in [3.05, 3.63) is 225 Å². The molecular weight excluding hydrogens is 767 g/mol. The summed E-state index contributed by atoms with van der Waals surface area (Å²) in [6, 6.07) is 78.3. The Bertz CT molecular complexity index is 3840. The lowest BCUT2D eigenvalue weighted by molar-refractivity contribution is 1.16. The zero-order valence-electron chi connectivity index (χ0n) is 34.1. The topological polar surface area (TPSA) is 40.6 Å². The van der Waals surface area contributed by atoms with E-state index < -0.39 is 0 Å². The lowest BCUT2D eigenvalue weighted by Gasteiger charge is -2.13. The number of benzene rings is 8. The van der Waals surface area contributed by atoms with Gasteiger partial charge in [-0.2, -0.15) is 0 Å². The Kier molecular flexibility index (Phi) is 7.84. The van der Waals surface area contributed by atoms with Crippen LogP contribution in [0.5, 0.6) is 0 Å². The maximum Gasteiger partial charge on any atom is 0.0964 e. The van der Waals surface area contributed by atoms with Crippen LogP contribution in [-0.4, -0.2) is 23.7 Å². The smallest absolute Gasteiger partial charge is 0.0964 e. The fourth-order valence-electron chi connectivity index (χ4n) is 9.84. The normalized spacial score (nSPS) is 11.8. The molecule has 0 bridgehead atoms. The van der Waals surface area contributed by atoms with Gasteiger partial charge in [0.15, 0.2) is 0 Å². The summed E-state index contributed by atoms with van der Waals surface area (Å²) in [6.45, 7) is 0. The SMILES string of the molecule is c1ccc(-c2cc(-n3c4ccccc4c4cc(-c5ccc6c(c5)c5ccccc5n6-c5ccc6c(c5)c5ncccc5n6-c5ccccc5)ccc43)cc(-c3ccccc3)n2)cc1. The molecule has 0 saturated heterocycles. The molecule has 0 N–H and O–H groups in total. The van der Waals surface area contributed by atoms with E-state index in [2.05, 4.69) is 226 Å². The number of fused-ring (bicyclic) bond motifs is 9. The summed E-state index contributed by atoms with van der Waals surface area (Å²) in [7, 11) is 0. The van der Waals surface area contributed by atoms with Crippen molar-refractivity contribution in [3.63, 3.8) is 0 Å². The van der Waals surface area contributed by atoms with Gasteiger partial charge in [-0.05, 0) is 102 Å². The Hall–Kier alpha value is -8.54. The van der Waals surface area contributed by atoms with Crippen molar-refractivity contribution in [1.82, 2.24) is 23.7 Å². The summed E-state index contributed by atoms with van der Waals surface area (Å²) in [5.41, 5.74) is 17.6. The Morgan fingerprint density at radius 1 is 0.270 bits per heavy atom. The van der Waals surface area contributed by atoms with Crippen molar-refractivity contribution in [2.75, 3.05) is 0 Å². The molecular formula is C58H37N5. The van der Waals surface area contributed by atoms with Gasteiger partial charge in [0.25, 0.3) is 0 Å². The largest absolute Gasteiger partial charge is 0.309 e. The summed E-state index contributed by atoms with van der Waals surface area (Å²) in [5, 5.41) is 5.99. The first-order valence-electron chi connectivity index (χ1n) is 21.4. The summed E-state index contributed by atoms with van der Waals surface area (Å²) < 4.78 is 7.12. The molecule has 5 heterocycles. The zero-order chi connectivity index (χ0) is 41.4. The van der Waals surface area contributed by atoms with Crippen LogP contribution in [0.4, 0.5) is 0 Å². The molecule has 0 aliphatic carbocycles. The molecule has 294 valence electrons. The van der Waals surface area contributed by atoms with E-state index in [1.807, 2.05) is 12.3 Å². The van der Waals surface area contributed by atoms with Crippen LogP contribution in [0, 0.1) is 0 Å². The second kappa shape index (κ2) is 14.0. The van der Waals surface area contributed by atoms with E-state index >= 15 is 0 Å². The second-order valence-corrected chi connectivity index (χ2v) is 16.2. The van der Waals surface area contributed by atoms with Crippen LogP contribution in [0.25, 0.3) is 116 Å². The van der Waals surface area contributed by atoms with E-state index in [9.17, 15) is 0 Å². The van der Waals surface area contributed by atoms with E-state index in [-0.39, 0.29) is 0 Å². The molecule has 0 aliphatic heterocycles. The van der Waals surface area contributed by atoms with Crippen LogP contribution in [-0.2, 0) is 0 Å². The molecule has 0 unspecified atom stereocenters. The van der Waals surface area contributed by atoms with Crippen molar-refractivity contribution in [3.8, 4) is 50.7 Å². The molecule has 8 aromatic carbocycles. The lowest BCUT2D eigenvalue weighted by Crippen LogP contribution is -1.98. The van der Waals surface area contributed by atoms with Crippen LogP contribution in [0.2, 0.25) is 0 Å². The molecule has 5 nitrogen and oxygen atoms in total. The van der Waals surface area contributed by atoms with Crippen molar-refractivity contribution in [2.45, 2.75) is 0 Å². The van der Waals surface area contributed by atoms with E-state index in [0.29, 0.717) is 0 Å². The summed E-state index contributed by atoms with van der Waals surface area (Å²) >= 11 is 0. The molecule has 0 spiro atoms. The average molecular weight is 804 g/mol. The number of hydrogen-bond acceptors (Lipinski definition) is 2. The Morgan fingerprint density at radius 3 is 1.33 bits per heavy atom. The lowest BCUT2D eigenvalue weighted by atomic mass is 10.0. The molecule has 0 saturated carbocycles. The minimum absolute atomic E-state index is 0.942.